The monoisotopic (exact) mass is 317 g/mol. The molecule has 0 aliphatic rings. The molecule has 0 aliphatic carbocycles. The number of carbonyl (C=O) groups is 1. The predicted octanol–water partition coefficient (Wildman–Crippen LogP) is 2.82. The highest BCUT2D eigenvalue weighted by Gasteiger charge is 2.14. The fourth-order valence-corrected chi connectivity index (χ4v) is 2.26. The Morgan fingerprint density at radius 2 is 1.87 bits per heavy atom. The summed E-state index contributed by atoms with van der Waals surface area (Å²) in [6.07, 6.45) is -0.592. The van der Waals surface area contributed by atoms with Gasteiger partial charge in [0.2, 0.25) is 0 Å². The first-order valence-corrected chi connectivity index (χ1v) is 7.66. The minimum atomic E-state index is -0.658. The fourth-order valence-electron chi connectivity index (χ4n) is 2.26. The normalized spacial score (nSPS) is 12.4. The third-order valence-corrected chi connectivity index (χ3v) is 3.44. The summed E-state index contributed by atoms with van der Waals surface area (Å²) in [6, 6.07) is 11.5. The lowest BCUT2D eigenvalue weighted by Crippen LogP contribution is -2.27. The van der Waals surface area contributed by atoms with E-state index in [9.17, 15) is 9.90 Å². The van der Waals surface area contributed by atoms with E-state index >= 15 is 0 Å². The van der Waals surface area contributed by atoms with Crippen LogP contribution in [0.25, 0.3) is 10.8 Å². The van der Waals surface area contributed by atoms with Crippen molar-refractivity contribution >= 4 is 22.4 Å². The molecule has 0 amide bonds. The molecule has 23 heavy (non-hydrogen) atoms. The van der Waals surface area contributed by atoms with Crippen LogP contribution < -0.4 is 5.32 Å². The van der Waals surface area contributed by atoms with Gasteiger partial charge in [-0.25, -0.2) is 4.79 Å². The topological polar surface area (TPSA) is 67.8 Å². The van der Waals surface area contributed by atoms with E-state index in [-0.39, 0.29) is 19.3 Å². The van der Waals surface area contributed by atoms with Gasteiger partial charge in [-0.15, -0.1) is 0 Å². The summed E-state index contributed by atoms with van der Waals surface area (Å²) in [5.41, 5.74) is 1.09. The number of anilines is 1. The summed E-state index contributed by atoms with van der Waals surface area (Å²) in [6.45, 7) is 4.36. The molecular weight excluding hydrogens is 294 g/mol. The minimum Gasteiger partial charge on any atom is -0.465 e. The van der Waals surface area contributed by atoms with Crippen LogP contribution in [0.1, 0.15) is 24.2 Å². The highest BCUT2D eigenvalue weighted by Crippen LogP contribution is 2.25. The van der Waals surface area contributed by atoms with Gasteiger partial charge in [-0.2, -0.15) is 0 Å². The van der Waals surface area contributed by atoms with Crippen LogP contribution in [0.5, 0.6) is 0 Å². The van der Waals surface area contributed by atoms with Gasteiger partial charge in [0.1, 0.15) is 0 Å². The number of carbonyl (C=O) groups excluding carboxylic acids is 1. The summed E-state index contributed by atoms with van der Waals surface area (Å²) >= 11 is 0. The second-order valence-electron chi connectivity index (χ2n) is 5.65. The Labute approximate surface area is 136 Å². The average Bonchev–Trinajstić information content (AvgIpc) is 2.56. The van der Waals surface area contributed by atoms with Crippen LogP contribution in [-0.2, 0) is 9.47 Å². The standard InChI is InChI=1S/C18H23NO4/c1-12(2)23-11-15(20)10-19-17-9-14-7-5-4-6-13(14)8-16(17)18(21)22-3/h4-9,12,15,19-20H,10-11H2,1-3H3/t15-/m0/s1. The molecule has 0 aromatic heterocycles. The van der Waals surface area contributed by atoms with Crippen molar-refractivity contribution in [2.24, 2.45) is 0 Å². The number of nitrogens with one attached hydrogen (secondary N) is 1. The summed E-state index contributed by atoms with van der Waals surface area (Å²) in [7, 11) is 1.35. The van der Waals surface area contributed by atoms with Gasteiger partial charge < -0.3 is 19.9 Å². The van der Waals surface area contributed by atoms with Crippen molar-refractivity contribution in [2.45, 2.75) is 26.1 Å². The number of hydrogen-bond acceptors (Lipinski definition) is 5. The molecule has 0 fully saturated rings. The zero-order valence-corrected chi connectivity index (χ0v) is 13.7. The number of aliphatic hydroxyl groups is 1. The molecule has 0 heterocycles. The molecule has 0 bridgehead atoms. The van der Waals surface area contributed by atoms with Crippen LogP contribution in [0.4, 0.5) is 5.69 Å². The van der Waals surface area contributed by atoms with Crippen molar-refractivity contribution in [1.82, 2.24) is 0 Å². The number of aliphatic hydroxyl groups excluding tert-OH is 1. The van der Waals surface area contributed by atoms with Crippen LogP contribution in [0.15, 0.2) is 36.4 Å². The molecule has 0 unspecified atom stereocenters. The second kappa shape index (κ2) is 7.94. The van der Waals surface area contributed by atoms with Crippen molar-refractivity contribution < 1.29 is 19.4 Å². The predicted molar refractivity (Wildman–Crippen MR) is 90.9 cm³/mol. The summed E-state index contributed by atoms with van der Waals surface area (Å²) < 4.78 is 10.2. The van der Waals surface area contributed by atoms with Crippen LogP contribution in [-0.4, -0.2) is 43.5 Å². The van der Waals surface area contributed by atoms with Crippen molar-refractivity contribution in [3.05, 3.63) is 42.0 Å². The van der Waals surface area contributed by atoms with Crippen molar-refractivity contribution in [3.63, 3.8) is 0 Å². The van der Waals surface area contributed by atoms with Gasteiger partial charge in [-0.1, -0.05) is 24.3 Å². The molecule has 0 aliphatic heterocycles. The zero-order valence-electron chi connectivity index (χ0n) is 13.7. The minimum absolute atomic E-state index is 0.0657. The van der Waals surface area contributed by atoms with Crippen LogP contribution in [0.2, 0.25) is 0 Å². The van der Waals surface area contributed by atoms with Gasteiger partial charge in [0.05, 0.1) is 31.5 Å². The number of methoxy groups -OCH3 is 1. The van der Waals surface area contributed by atoms with E-state index in [4.69, 9.17) is 9.47 Å². The van der Waals surface area contributed by atoms with Gasteiger partial charge in [0.15, 0.2) is 0 Å². The molecule has 2 N–H and O–H groups in total. The number of hydrogen-bond donors (Lipinski definition) is 2. The molecule has 5 nitrogen and oxygen atoms in total. The molecule has 5 heteroatoms. The maximum atomic E-state index is 12.0. The van der Waals surface area contributed by atoms with E-state index < -0.39 is 12.1 Å². The van der Waals surface area contributed by atoms with E-state index in [1.54, 1.807) is 6.07 Å². The number of fused-ring (bicyclic) bond motifs is 1. The van der Waals surface area contributed by atoms with Crippen LogP contribution in [0.3, 0.4) is 0 Å². The number of ether oxygens (including phenoxy) is 2. The third-order valence-electron chi connectivity index (χ3n) is 3.44. The first-order chi connectivity index (χ1) is 11.0. The van der Waals surface area contributed by atoms with Gasteiger partial charge >= 0.3 is 5.97 Å². The van der Waals surface area contributed by atoms with Gasteiger partial charge in [-0.3, -0.25) is 0 Å². The largest absolute Gasteiger partial charge is 0.465 e. The Bertz CT molecular complexity index is 669. The SMILES string of the molecule is COC(=O)c1cc2ccccc2cc1NC[C@H](O)COC(C)C. The molecule has 0 radical (unpaired) electrons. The number of esters is 1. The van der Waals surface area contributed by atoms with E-state index in [0.717, 1.165) is 10.8 Å². The Morgan fingerprint density at radius 1 is 1.22 bits per heavy atom. The van der Waals surface area contributed by atoms with E-state index in [2.05, 4.69) is 5.32 Å². The molecule has 2 aromatic carbocycles. The fraction of sp³-hybridized carbons (Fsp3) is 0.389. The highest BCUT2D eigenvalue weighted by atomic mass is 16.5. The lowest BCUT2D eigenvalue weighted by Gasteiger charge is -2.17. The maximum Gasteiger partial charge on any atom is 0.339 e. The zero-order chi connectivity index (χ0) is 16.8. The van der Waals surface area contributed by atoms with E-state index in [1.807, 2.05) is 44.2 Å². The Hall–Kier alpha value is -2.11. The smallest absolute Gasteiger partial charge is 0.339 e. The van der Waals surface area contributed by atoms with Crippen molar-refractivity contribution in [3.8, 4) is 0 Å². The third kappa shape index (κ3) is 4.68. The molecule has 124 valence electrons. The molecule has 1 atom stereocenters. The molecule has 0 saturated carbocycles. The van der Waals surface area contributed by atoms with Crippen LogP contribution in [0, 0.1) is 0 Å². The second-order valence-corrected chi connectivity index (χ2v) is 5.65. The lowest BCUT2D eigenvalue weighted by molar-refractivity contribution is 0.0112. The Kier molecular flexibility index (Phi) is 5.96. The summed E-state index contributed by atoms with van der Waals surface area (Å²) in [5, 5.41) is 15.0. The molecular formula is C18H23NO4. The molecule has 0 spiro atoms. The van der Waals surface area contributed by atoms with Crippen molar-refractivity contribution in [2.75, 3.05) is 25.6 Å². The quantitative estimate of drug-likeness (QED) is 0.769. The number of benzene rings is 2. The van der Waals surface area contributed by atoms with Crippen LogP contribution >= 0.6 is 0 Å². The summed E-state index contributed by atoms with van der Waals surface area (Å²) in [4.78, 5) is 12.0. The van der Waals surface area contributed by atoms with E-state index in [0.29, 0.717) is 11.3 Å². The van der Waals surface area contributed by atoms with Gasteiger partial charge in [-0.05, 0) is 36.8 Å². The molecule has 2 aromatic rings. The van der Waals surface area contributed by atoms with Gasteiger partial charge in [0.25, 0.3) is 0 Å². The Morgan fingerprint density at radius 3 is 2.48 bits per heavy atom. The first-order valence-electron chi connectivity index (χ1n) is 7.66. The van der Waals surface area contributed by atoms with Gasteiger partial charge in [0, 0.05) is 12.2 Å². The lowest BCUT2D eigenvalue weighted by atomic mass is 10.0. The molecule has 0 saturated heterocycles. The molecule has 2 rings (SSSR count). The Balaban J connectivity index is 2.18. The highest BCUT2D eigenvalue weighted by molar-refractivity contribution is 6.01. The average molecular weight is 317 g/mol. The van der Waals surface area contributed by atoms with Crippen molar-refractivity contribution in [1.29, 1.82) is 0 Å². The maximum absolute atomic E-state index is 12.0. The summed E-state index contributed by atoms with van der Waals surface area (Å²) in [5.74, 6) is -0.411. The van der Waals surface area contributed by atoms with E-state index in [1.165, 1.54) is 7.11 Å². The first kappa shape index (κ1) is 17.2. The number of rotatable bonds is 7.